The fraction of sp³-hybridized carbons (Fsp3) is 0.419. The molecular formula is C31H33ClF2N6O4. The zero-order valence-corrected chi connectivity index (χ0v) is 25.2. The molecule has 44 heavy (non-hydrogen) atoms. The highest BCUT2D eigenvalue weighted by Crippen LogP contribution is 2.35. The van der Waals surface area contributed by atoms with Crippen molar-refractivity contribution in [3.05, 3.63) is 64.6 Å². The van der Waals surface area contributed by atoms with Crippen molar-refractivity contribution in [1.29, 1.82) is 0 Å². The maximum Gasteiger partial charge on any atom is 0.291 e. The Morgan fingerprint density at radius 3 is 2.34 bits per heavy atom. The van der Waals surface area contributed by atoms with E-state index in [0.29, 0.717) is 37.4 Å². The Bertz CT molecular complexity index is 1610. The summed E-state index contributed by atoms with van der Waals surface area (Å²) in [5.74, 6) is -2.50. The zero-order chi connectivity index (χ0) is 31.1. The van der Waals surface area contributed by atoms with E-state index in [1.165, 1.54) is 43.1 Å². The van der Waals surface area contributed by atoms with Gasteiger partial charge in [0, 0.05) is 62.2 Å². The van der Waals surface area contributed by atoms with Crippen molar-refractivity contribution in [3.63, 3.8) is 0 Å². The summed E-state index contributed by atoms with van der Waals surface area (Å²) in [6.07, 6.45) is 3.03. The highest BCUT2D eigenvalue weighted by atomic mass is 35.5. The Morgan fingerprint density at radius 2 is 1.68 bits per heavy atom. The molecule has 0 aliphatic carbocycles. The number of imidazole rings is 1. The molecule has 3 aromatic rings. The largest absolute Gasteiger partial charge is 0.494 e. The molecule has 0 saturated carbocycles. The van der Waals surface area contributed by atoms with Gasteiger partial charge in [-0.1, -0.05) is 11.6 Å². The Hall–Kier alpha value is -4.03. The molecule has 2 N–H and O–H groups in total. The molecule has 3 fully saturated rings. The molecule has 13 heteroatoms. The summed E-state index contributed by atoms with van der Waals surface area (Å²) in [6, 6.07) is 7.29. The van der Waals surface area contributed by atoms with E-state index in [-0.39, 0.29) is 57.4 Å². The van der Waals surface area contributed by atoms with Gasteiger partial charge < -0.3 is 29.7 Å². The SMILES string of the molecule is COc1ccc(-c2cnc(C(=O)Nc3ccc(C(=O)N4CC5CN(C(=O)C6CCNCC6)CC5C4)c(Cl)c3)n2C)c(F)c1F. The van der Waals surface area contributed by atoms with Crippen LogP contribution in [0.2, 0.25) is 5.02 Å². The number of amides is 3. The lowest BCUT2D eigenvalue weighted by atomic mass is 9.96. The molecular weight excluding hydrogens is 594 g/mol. The summed E-state index contributed by atoms with van der Waals surface area (Å²) in [5.41, 5.74) is 0.786. The van der Waals surface area contributed by atoms with E-state index in [1.54, 1.807) is 17.0 Å². The third-order valence-electron chi connectivity index (χ3n) is 8.96. The fourth-order valence-electron chi connectivity index (χ4n) is 6.55. The summed E-state index contributed by atoms with van der Waals surface area (Å²) in [5, 5.41) is 6.18. The Labute approximate surface area is 258 Å². The third-order valence-corrected chi connectivity index (χ3v) is 9.28. The van der Waals surface area contributed by atoms with Crippen molar-refractivity contribution >= 4 is 35.0 Å². The molecule has 1 aromatic heterocycles. The lowest BCUT2D eigenvalue weighted by Crippen LogP contribution is -2.41. The molecule has 2 atom stereocenters. The van der Waals surface area contributed by atoms with E-state index < -0.39 is 17.5 Å². The van der Waals surface area contributed by atoms with Crippen LogP contribution in [0, 0.1) is 29.4 Å². The number of nitrogens with zero attached hydrogens (tertiary/aromatic N) is 4. The van der Waals surface area contributed by atoms with Crippen LogP contribution in [0.4, 0.5) is 14.5 Å². The van der Waals surface area contributed by atoms with Gasteiger partial charge in [0.1, 0.15) is 0 Å². The average Bonchev–Trinajstić information content (AvgIpc) is 3.72. The Kier molecular flexibility index (Phi) is 8.30. The van der Waals surface area contributed by atoms with Crippen molar-refractivity contribution in [2.75, 3.05) is 51.7 Å². The molecule has 10 nitrogen and oxygen atoms in total. The number of ether oxygens (including phenoxy) is 1. The van der Waals surface area contributed by atoms with Gasteiger partial charge in [-0.25, -0.2) is 9.37 Å². The first kappa shape index (κ1) is 30.0. The first-order valence-electron chi connectivity index (χ1n) is 14.6. The molecule has 4 heterocycles. The monoisotopic (exact) mass is 626 g/mol. The second-order valence-corrected chi connectivity index (χ2v) is 12.0. The molecule has 0 spiro atoms. The van der Waals surface area contributed by atoms with Crippen LogP contribution in [-0.2, 0) is 11.8 Å². The van der Waals surface area contributed by atoms with E-state index in [0.717, 1.165) is 25.9 Å². The van der Waals surface area contributed by atoms with Crippen LogP contribution in [0.5, 0.6) is 5.75 Å². The third kappa shape index (κ3) is 5.52. The van der Waals surface area contributed by atoms with Crippen LogP contribution in [0.15, 0.2) is 36.5 Å². The number of halogens is 3. The molecule has 3 aliphatic heterocycles. The summed E-state index contributed by atoms with van der Waals surface area (Å²) in [6.45, 7) is 4.22. The van der Waals surface area contributed by atoms with E-state index in [9.17, 15) is 23.2 Å². The van der Waals surface area contributed by atoms with E-state index in [1.807, 2.05) is 4.90 Å². The fourth-order valence-corrected chi connectivity index (χ4v) is 6.81. The van der Waals surface area contributed by atoms with Gasteiger partial charge >= 0.3 is 0 Å². The second-order valence-electron chi connectivity index (χ2n) is 11.6. The molecule has 3 saturated heterocycles. The van der Waals surface area contributed by atoms with Gasteiger partial charge in [-0.2, -0.15) is 4.39 Å². The molecule has 0 radical (unpaired) electrons. The first-order valence-corrected chi connectivity index (χ1v) is 15.0. The smallest absolute Gasteiger partial charge is 0.291 e. The van der Waals surface area contributed by atoms with Crippen LogP contribution in [0.3, 0.4) is 0 Å². The number of hydrogen-bond donors (Lipinski definition) is 2. The lowest BCUT2D eigenvalue weighted by Gasteiger charge is -2.28. The van der Waals surface area contributed by atoms with Crippen LogP contribution in [0.1, 0.15) is 33.8 Å². The van der Waals surface area contributed by atoms with Crippen LogP contribution < -0.4 is 15.4 Å². The minimum atomic E-state index is -1.14. The number of rotatable bonds is 6. The van der Waals surface area contributed by atoms with Gasteiger partial charge in [0.05, 0.1) is 29.6 Å². The number of nitrogens with one attached hydrogen (secondary N) is 2. The number of methoxy groups -OCH3 is 1. The average molecular weight is 627 g/mol. The number of hydrogen-bond acceptors (Lipinski definition) is 6. The number of piperidine rings is 1. The number of carbonyl (C=O) groups excluding carboxylic acids is 3. The van der Waals surface area contributed by atoms with Crippen molar-refractivity contribution in [1.82, 2.24) is 24.7 Å². The molecule has 6 rings (SSSR count). The first-order chi connectivity index (χ1) is 21.2. The number of fused-ring (bicyclic) bond motifs is 1. The van der Waals surface area contributed by atoms with Crippen molar-refractivity contribution < 1.29 is 27.9 Å². The summed E-state index contributed by atoms with van der Waals surface area (Å²) < 4.78 is 35.1. The summed E-state index contributed by atoms with van der Waals surface area (Å²) >= 11 is 6.51. The van der Waals surface area contributed by atoms with Gasteiger partial charge in [0.15, 0.2) is 17.4 Å². The number of likely N-dealkylation sites (tertiary alicyclic amines) is 2. The molecule has 3 amide bonds. The topological polar surface area (TPSA) is 109 Å². The number of benzene rings is 2. The normalized spacial score (nSPS) is 20.1. The molecule has 2 unspecified atom stereocenters. The van der Waals surface area contributed by atoms with Gasteiger partial charge in [-0.15, -0.1) is 0 Å². The number of anilines is 1. The quantitative estimate of drug-likeness (QED) is 0.431. The van der Waals surface area contributed by atoms with Crippen LogP contribution in [-0.4, -0.2) is 83.5 Å². The minimum absolute atomic E-state index is 0.0387. The van der Waals surface area contributed by atoms with Crippen LogP contribution in [0.25, 0.3) is 11.3 Å². The minimum Gasteiger partial charge on any atom is -0.494 e. The number of aromatic nitrogens is 2. The maximum atomic E-state index is 14.7. The Balaban J connectivity index is 1.08. The van der Waals surface area contributed by atoms with E-state index >= 15 is 0 Å². The highest BCUT2D eigenvalue weighted by molar-refractivity contribution is 6.34. The molecule has 2 aromatic carbocycles. The summed E-state index contributed by atoms with van der Waals surface area (Å²) in [7, 11) is 2.76. The van der Waals surface area contributed by atoms with Crippen LogP contribution >= 0.6 is 11.6 Å². The predicted octanol–water partition coefficient (Wildman–Crippen LogP) is 3.81. The standard InChI is InChI=1S/C31H33ClF2N6O4/c1-38-24(22-5-6-25(44-2)27(34)26(22)33)12-36-28(38)29(41)37-20-3-4-21(23(32)11-20)31(43)40-15-18-13-39(14-19(18)16-40)30(42)17-7-9-35-10-8-17/h3-6,11-12,17-19,35H,7-10,13-16H2,1-2H3,(H,37,41). The highest BCUT2D eigenvalue weighted by Gasteiger charge is 2.44. The lowest BCUT2D eigenvalue weighted by molar-refractivity contribution is -0.135. The zero-order valence-electron chi connectivity index (χ0n) is 24.4. The molecule has 3 aliphatic rings. The van der Waals surface area contributed by atoms with Crippen molar-refractivity contribution in [2.24, 2.45) is 24.8 Å². The van der Waals surface area contributed by atoms with Crippen molar-refractivity contribution in [2.45, 2.75) is 12.8 Å². The van der Waals surface area contributed by atoms with Gasteiger partial charge in [0.25, 0.3) is 11.8 Å². The maximum absolute atomic E-state index is 14.7. The van der Waals surface area contributed by atoms with E-state index in [4.69, 9.17) is 16.3 Å². The van der Waals surface area contributed by atoms with Gasteiger partial charge in [-0.3, -0.25) is 14.4 Å². The summed E-state index contributed by atoms with van der Waals surface area (Å²) in [4.78, 5) is 47.3. The predicted molar refractivity (Wildman–Crippen MR) is 160 cm³/mol. The van der Waals surface area contributed by atoms with E-state index in [2.05, 4.69) is 15.6 Å². The molecule has 0 bridgehead atoms. The van der Waals surface area contributed by atoms with Gasteiger partial charge in [-0.05, 0) is 56.3 Å². The Morgan fingerprint density at radius 1 is 1.00 bits per heavy atom. The van der Waals surface area contributed by atoms with Gasteiger partial charge in [0.2, 0.25) is 11.7 Å². The second kappa shape index (κ2) is 12.2. The number of carbonyl (C=O) groups is 3. The molecule has 232 valence electrons. The van der Waals surface area contributed by atoms with Crippen molar-refractivity contribution in [3.8, 4) is 17.0 Å².